The molecule has 8 heteroatoms. The van der Waals surface area contributed by atoms with Gasteiger partial charge in [0, 0.05) is 45.4 Å². The Morgan fingerprint density at radius 1 is 0.268 bits per heavy atom. The van der Waals surface area contributed by atoms with Gasteiger partial charge in [0.15, 0.2) is 0 Å². The minimum atomic E-state index is -0.460. The number of halogens is 3. The van der Waals surface area contributed by atoms with Crippen LogP contribution < -0.4 is 5.46 Å². The van der Waals surface area contributed by atoms with Gasteiger partial charge in [-0.15, -0.1) is 0 Å². The number of hydrogen-bond acceptors (Lipinski definition) is 2. The standard InChI is InChI=1S/C49H40BNO2.C49H32BrN.C6H4BrI/c1-47(2)48(3,4)53-50(52-47)37-21-15-16-33(30-37)34-26-29-46-42(31-34)41-23-12-14-25-45(41)51(46)38-27-28-40-39-22-11-13-24-43(39)49(44(40)32-38,35-17-7-5-8-18-35)36-19-9-6-10-20-36;50-46-24-11-8-20-39(46)35-15-13-14-33(30-35)34-26-29-48-43(31-34)42-22-9-12-25-47(42)51(48)38-27-28-41-40-21-7-10-23-44(40)49(45(41)32-38,36-16-3-1-4-17-36)37-18-5-2-6-19-37;7-5-3-1-2-4-6(5)8/h5-32H,1-4H3;1-32H;1-4H. The van der Waals surface area contributed by atoms with Crippen LogP contribution in [-0.2, 0) is 20.1 Å². The van der Waals surface area contributed by atoms with Gasteiger partial charge >= 0.3 is 7.12 Å². The van der Waals surface area contributed by atoms with Gasteiger partial charge in [-0.3, -0.25) is 0 Å². The highest BCUT2D eigenvalue weighted by atomic mass is 127. The quantitative estimate of drug-likeness (QED) is 0.101. The molecule has 0 bridgehead atoms. The fraction of sp³-hybridized carbons (Fsp3) is 0.0769. The van der Waals surface area contributed by atoms with Crippen LogP contribution in [0.2, 0.25) is 0 Å². The van der Waals surface area contributed by atoms with Crippen molar-refractivity contribution in [3.63, 3.8) is 0 Å². The van der Waals surface area contributed by atoms with Gasteiger partial charge in [-0.1, -0.05) is 319 Å². The Balaban J connectivity index is 0.000000137. The van der Waals surface area contributed by atoms with Crippen LogP contribution >= 0.6 is 54.5 Å². The van der Waals surface area contributed by atoms with E-state index < -0.39 is 29.2 Å². The number of aromatic nitrogens is 2. The number of nitrogens with zero attached hydrogens (tertiary/aromatic N) is 2. The van der Waals surface area contributed by atoms with Crippen LogP contribution in [0.1, 0.15) is 72.2 Å². The van der Waals surface area contributed by atoms with Gasteiger partial charge in [0.05, 0.1) is 44.1 Å². The van der Waals surface area contributed by atoms with E-state index in [2.05, 4.69) is 461 Å². The molecule has 2 aromatic heterocycles. The van der Waals surface area contributed by atoms with E-state index in [-0.39, 0.29) is 0 Å². The summed E-state index contributed by atoms with van der Waals surface area (Å²) in [6, 6.07) is 142. The molecule has 18 aromatic rings. The van der Waals surface area contributed by atoms with Crippen molar-refractivity contribution in [2.24, 2.45) is 0 Å². The molecule has 112 heavy (non-hydrogen) atoms. The lowest BCUT2D eigenvalue weighted by Gasteiger charge is -2.34. The van der Waals surface area contributed by atoms with E-state index in [4.69, 9.17) is 9.31 Å². The first-order valence-corrected chi connectivity index (χ1v) is 40.9. The van der Waals surface area contributed by atoms with Crippen molar-refractivity contribution in [3.05, 3.63) is 445 Å². The van der Waals surface area contributed by atoms with Gasteiger partial charge in [0.1, 0.15) is 0 Å². The van der Waals surface area contributed by atoms with Crippen molar-refractivity contribution in [2.75, 3.05) is 0 Å². The summed E-state index contributed by atoms with van der Waals surface area (Å²) < 4.78 is 21.3. The third-order valence-electron chi connectivity index (χ3n) is 23.7. The maximum Gasteiger partial charge on any atom is 0.494 e. The molecule has 0 amide bonds. The number of para-hydroxylation sites is 2. The third kappa shape index (κ3) is 11.9. The van der Waals surface area contributed by atoms with Gasteiger partial charge in [0.25, 0.3) is 0 Å². The van der Waals surface area contributed by atoms with Crippen molar-refractivity contribution < 1.29 is 9.31 Å². The second kappa shape index (κ2) is 28.8. The van der Waals surface area contributed by atoms with Gasteiger partial charge in [-0.2, -0.15) is 0 Å². The van der Waals surface area contributed by atoms with Crippen molar-refractivity contribution in [3.8, 4) is 67.0 Å². The van der Waals surface area contributed by atoms with E-state index in [1.807, 2.05) is 18.2 Å². The largest absolute Gasteiger partial charge is 0.494 e. The molecule has 0 spiro atoms. The lowest BCUT2D eigenvalue weighted by atomic mass is 9.67. The fourth-order valence-electron chi connectivity index (χ4n) is 17.8. The van der Waals surface area contributed by atoms with Gasteiger partial charge in [-0.25, -0.2) is 0 Å². The minimum absolute atomic E-state index is 0.392. The second-order valence-electron chi connectivity index (χ2n) is 30.4. The molecule has 0 saturated carbocycles. The highest BCUT2D eigenvalue weighted by Crippen LogP contribution is 2.59. The van der Waals surface area contributed by atoms with Crippen LogP contribution in [0.4, 0.5) is 0 Å². The minimum Gasteiger partial charge on any atom is -0.399 e. The van der Waals surface area contributed by atoms with Crippen LogP contribution in [0, 0.1) is 3.57 Å². The maximum atomic E-state index is 6.42. The van der Waals surface area contributed by atoms with E-state index in [0.717, 1.165) is 32.4 Å². The predicted octanol–water partition coefficient (Wildman–Crippen LogP) is 27.4. The normalized spacial score (nSPS) is 14.4. The Labute approximate surface area is 685 Å². The average molecular weight is 1680 g/mol. The molecule has 1 aliphatic heterocycles. The monoisotopic (exact) mass is 1680 g/mol. The lowest BCUT2D eigenvalue weighted by Crippen LogP contribution is -2.41. The molecule has 1 fully saturated rings. The topological polar surface area (TPSA) is 28.3 Å². The molecule has 1 saturated heterocycles. The molecule has 3 aliphatic rings. The van der Waals surface area contributed by atoms with E-state index in [0.29, 0.717) is 0 Å². The number of rotatable bonds is 10. The predicted molar refractivity (Wildman–Crippen MR) is 483 cm³/mol. The summed E-state index contributed by atoms with van der Waals surface area (Å²) in [5, 5.41) is 4.95. The summed E-state index contributed by atoms with van der Waals surface area (Å²) in [5.41, 5.74) is 29.0. The summed E-state index contributed by atoms with van der Waals surface area (Å²) in [6.45, 7) is 8.40. The zero-order chi connectivity index (χ0) is 75.9. The van der Waals surface area contributed by atoms with Crippen molar-refractivity contribution >= 4 is 111 Å². The smallest absolute Gasteiger partial charge is 0.399 e. The zero-order valence-corrected chi connectivity index (χ0v) is 67.7. The van der Waals surface area contributed by atoms with Gasteiger partial charge in [-0.05, 0) is 257 Å². The fourth-order valence-corrected chi connectivity index (χ4v) is 19.0. The van der Waals surface area contributed by atoms with E-state index in [1.54, 1.807) is 0 Å². The molecular formula is C104H76BBr2IN2O2. The molecule has 0 N–H and O–H groups in total. The van der Waals surface area contributed by atoms with Crippen LogP contribution in [0.3, 0.4) is 0 Å². The Bertz CT molecular complexity index is 6530. The SMILES string of the molecule is Brc1ccccc1-c1cccc(-c2ccc3c(c2)c2ccccc2n3-c2ccc3c(c2)C(c2ccccc2)(c2ccccc2)c2ccccc2-3)c1.Brc1ccccc1I.CC1(C)OB(c2cccc(-c3ccc4c(c3)c3ccccc3n4-c3ccc4c(c3)C(c3ccccc3)(c3ccccc3)c3ccccc3-4)c2)OC1(C)C. The highest BCUT2D eigenvalue weighted by Gasteiger charge is 2.52. The number of fused-ring (bicyclic) bond motifs is 12. The van der Waals surface area contributed by atoms with Crippen LogP contribution in [0.5, 0.6) is 0 Å². The van der Waals surface area contributed by atoms with Crippen LogP contribution in [-0.4, -0.2) is 27.5 Å². The Hall–Kier alpha value is -11.2. The summed E-state index contributed by atoms with van der Waals surface area (Å²) in [7, 11) is -0.407. The molecule has 2 aliphatic carbocycles. The molecule has 4 nitrogen and oxygen atoms in total. The van der Waals surface area contributed by atoms with Gasteiger partial charge in [0.2, 0.25) is 0 Å². The van der Waals surface area contributed by atoms with Crippen molar-refractivity contribution in [2.45, 2.75) is 49.7 Å². The van der Waals surface area contributed by atoms with Crippen LogP contribution in [0.15, 0.2) is 397 Å². The Kier molecular flexibility index (Phi) is 18.3. The zero-order valence-electron chi connectivity index (χ0n) is 62.4. The summed E-state index contributed by atoms with van der Waals surface area (Å²) in [6.07, 6.45) is 0. The lowest BCUT2D eigenvalue weighted by molar-refractivity contribution is 0.00578. The van der Waals surface area contributed by atoms with Crippen molar-refractivity contribution in [1.29, 1.82) is 0 Å². The first-order valence-electron chi connectivity index (χ1n) is 38.3. The number of benzene rings is 16. The van der Waals surface area contributed by atoms with E-state index in [9.17, 15) is 0 Å². The first-order chi connectivity index (χ1) is 54.8. The molecule has 21 rings (SSSR count). The molecule has 0 atom stereocenters. The molecule has 16 aromatic carbocycles. The highest BCUT2D eigenvalue weighted by molar-refractivity contribution is 14.1. The Morgan fingerprint density at radius 3 is 1.07 bits per heavy atom. The van der Waals surface area contributed by atoms with E-state index >= 15 is 0 Å². The van der Waals surface area contributed by atoms with E-state index in [1.165, 1.54) is 141 Å². The van der Waals surface area contributed by atoms with Crippen LogP contribution in [0.25, 0.3) is 111 Å². The van der Waals surface area contributed by atoms with Gasteiger partial charge < -0.3 is 18.4 Å². The molecule has 3 heterocycles. The average Bonchev–Trinajstić information content (AvgIpc) is 1.51. The second-order valence-corrected chi connectivity index (χ2v) is 33.2. The van der Waals surface area contributed by atoms with Crippen molar-refractivity contribution in [1.82, 2.24) is 9.13 Å². The summed E-state index contributed by atoms with van der Waals surface area (Å²) >= 11 is 9.42. The summed E-state index contributed by atoms with van der Waals surface area (Å²) in [4.78, 5) is 0. The number of hydrogen-bond donors (Lipinski definition) is 0. The maximum absolute atomic E-state index is 6.42. The third-order valence-corrected chi connectivity index (χ3v) is 26.8. The molecule has 0 radical (unpaired) electrons. The molecular weight excluding hydrogens is 1610 g/mol. The molecule has 538 valence electrons. The summed E-state index contributed by atoms with van der Waals surface area (Å²) in [5.74, 6) is 0. The molecule has 0 unspecified atom stereocenters. The Morgan fingerprint density at radius 2 is 0.625 bits per heavy atom. The first kappa shape index (κ1) is 71.1.